The first kappa shape index (κ1) is 15.1. The minimum Gasteiger partial charge on any atom is -0.464 e. The molecule has 0 spiro atoms. The van der Waals surface area contributed by atoms with Crippen LogP contribution < -0.4 is 0 Å². The normalized spacial score (nSPS) is 32.4. The van der Waals surface area contributed by atoms with Crippen molar-refractivity contribution >= 4 is 12.1 Å². The second kappa shape index (κ2) is 5.24. The average molecular weight is 285 g/mol. The van der Waals surface area contributed by atoms with Gasteiger partial charge in [-0.05, 0) is 40.5 Å². The number of likely N-dealkylation sites (tertiary alicyclic amines) is 1. The maximum atomic E-state index is 12.3. The lowest BCUT2D eigenvalue weighted by Crippen LogP contribution is -2.54. The number of carbonyl (C=O) groups is 2. The molecule has 1 amide bonds. The van der Waals surface area contributed by atoms with Gasteiger partial charge in [0, 0.05) is 12.0 Å². The van der Waals surface area contributed by atoms with E-state index in [1.54, 1.807) is 27.7 Å². The Kier molecular flexibility index (Phi) is 3.95. The molecular formula is C14H23NO5. The number of rotatable bonds is 2. The van der Waals surface area contributed by atoms with Crippen LogP contribution in [-0.2, 0) is 14.3 Å². The Morgan fingerprint density at radius 2 is 1.95 bits per heavy atom. The van der Waals surface area contributed by atoms with Crippen molar-refractivity contribution in [3.8, 4) is 0 Å². The Morgan fingerprint density at radius 1 is 1.30 bits per heavy atom. The number of nitrogens with zero attached hydrogens (tertiary/aromatic N) is 1. The summed E-state index contributed by atoms with van der Waals surface area (Å²) < 4.78 is 10.4. The average Bonchev–Trinajstić information content (AvgIpc) is 2.82. The van der Waals surface area contributed by atoms with Gasteiger partial charge < -0.3 is 14.6 Å². The van der Waals surface area contributed by atoms with E-state index in [9.17, 15) is 14.7 Å². The van der Waals surface area contributed by atoms with Gasteiger partial charge in [0.15, 0.2) is 0 Å². The Morgan fingerprint density at radius 3 is 2.50 bits per heavy atom. The van der Waals surface area contributed by atoms with Crippen LogP contribution in [0.5, 0.6) is 0 Å². The van der Waals surface area contributed by atoms with Crippen LogP contribution >= 0.6 is 0 Å². The first-order chi connectivity index (χ1) is 9.24. The summed E-state index contributed by atoms with van der Waals surface area (Å²) >= 11 is 0. The number of hydrogen-bond donors (Lipinski definition) is 1. The fraction of sp³-hybridized carbons (Fsp3) is 0.857. The van der Waals surface area contributed by atoms with Gasteiger partial charge in [-0.3, -0.25) is 4.90 Å². The molecule has 0 aromatic heterocycles. The second-order valence-corrected chi connectivity index (χ2v) is 6.44. The number of hydrogen-bond acceptors (Lipinski definition) is 5. The molecule has 0 radical (unpaired) electrons. The molecule has 4 atom stereocenters. The van der Waals surface area contributed by atoms with Crippen LogP contribution in [0.15, 0.2) is 0 Å². The Bertz CT molecular complexity index is 403. The molecule has 0 unspecified atom stereocenters. The fourth-order valence-corrected chi connectivity index (χ4v) is 3.11. The molecule has 1 aliphatic heterocycles. The van der Waals surface area contributed by atoms with Crippen LogP contribution in [0, 0.1) is 5.92 Å². The fourth-order valence-electron chi connectivity index (χ4n) is 3.11. The molecule has 1 N–H and O–H groups in total. The molecule has 2 fully saturated rings. The van der Waals surface area contributed by atoms with Crippen LogP contribution in [0.25, 0.3) is 0 Å². The van der Waals surface area contributed by atoms with E-state index in [0.29, 0.717) is 12.8 Å². The van der Waals surface area contributed by atoms with Gasteiger partial charge in [0.25, 0.3) is 0 Å². The van der Waals surface area contributed by atoms with Crippen molar-refractivity contribution in [1.82, 2.24) is 4.90 Å². The van der Waals surface area contributed by atoms with Crippen molar-refractivity contribution in [2.75, 3.05) is 6.61 Å². The number of ether oxygens (including phenoxy) is 2. The number of esters is 1. The van der Waals surface area contributed by atoms with Crippen molar-refractivity contribution in [2.45, 2.75) is 64.3 Å². The lowest BCUT2D eigenvalue weighted by atomic mass is 9.96. The molecule has 2 bridgehead atoms. The highest BCUT2D eigenvalue weighted by Crippen LogP contribution is 2.43. The maximum absolute atomic E-state index is 12.3. The lowest BCUT2D eigenvalue weighted by Gasteiger charge is -2.36. The molecule has 1 saturated carbocycles. The van der Waals surface area contributed by atoms with Crippen LogP contribution in [0.3, 0.4) is 0 Å². The van der Waals surface area contributed by atoms with Crippen LogP contribution in [0.1, 0.15) is 40.5 Å². The van der Waals surface area contributed by atoms with E-state index in [1.807, 2.05) is 0 Å². The topological polar surface area (TPSA) is 76.1 Å². The molecular weight excluding hydrogens is 262 g/mol. The molecule has 2 aliphatic rings. The maximum Gasteiger partial charge on any atom is 0.411 e. The summed E-state index contributed by atoms with van der Waals surface area (Å²) in [4.78, 5) is 25.8. The number of amides is 1. The summed E-state index contributed by atoms with van der Waals surface area (Å²) in [5, 5.41) is 9.95. The smallest absolute Gasteiger partial charge is 0.411 e. The monoisotopic (exact) mass is 285 g/mol. The van der Waals surface area contributed by atoms with E-state index in [1.165, 1.54) is 4.90 Å². The highest BCUT2D eigenvalue weighted by Gasteiger charge is 2.57. The van der Waals surface area contributed by atoms with Crippen molar-refractivity contribution in [3.63, 3.8) is 0 Å². The number of carbonyl (C=O) groups excluding carboxylic acids is 2. The van der Waals surface area contributed by atoms with E-state index in [2.05, 4.69) is 0 Å². The molecule has 1 aliphatic carbocycles. The van der Waals surface area contributed by atoms with Crippen LogP contribution in [0.4, 0.5) is 4.79 Å². The minimum absolute atomic E-state index is 0.140. The zero-order chi connectivity index (χ0) is 15.1. The summed E-state index contributed by atoms with van der Waals surface area (Å²) in [7, 11) is 0. The van der Waals surface area contributed by atoms with Gasteiger partial charge in [0.2, 0.25) is 0 Å². The van der Waals surface area contributed by atoms with Gasteiger partial charge in [-0.1, -0.05) is 0 Å². The number of aliphatic hydroxyl groups excluding tert-OH is 1. The largest absolute Gasteiger partial charge is 0.464 e. The van der Waals surface area contributed by atoms with Crippen molar-refractivity contribution < 1.29 is 24.2 Å². The zero-order valence-electron chi connectivity index (χ0n) is 12.5. The predicted octanol–water partition coefficient (Wildman–Crippen LogP) is 1.31. The molecule has 0 aromatic carbocycles. The molecule has 1 saturated heterocycles. The molecule has 1 heterocycles. The highest BCUT2D eigenvalue weighted by atomic mass is 16.6. The quantitative estimate of drug-likeness (QED) is 0.774. The summed E-state index contributed by atoms with van der Waals surface area (Å²) in [6, 6.07) is -0.863. The van der Waals surface area contributed by atoms with Gasteiger partial charge in [-0.15, -0.1) is 0 Å². The number of fused-ring (bicyclic) bond motifs is 2. The van der Waals surface area contributed by atoms with Gasteiger partial charge in [0.05, 0.1) is 12.7 Å². The first-order valence-corrected chi connectivity index (χ1v) is 7.10. The second-order valence-electron chi connectivity index (χ2n) is 6.44. The van der Waals surface area contributed by atoms with E-state index >= 15 is 0 Å². The number of aliphatic hydroxyl groups is 1. The summed E-state index contributed by atoms with van der Waals surface area (Å²) in [5.41, 5.74) is -0.614. The molecule has 6 heteroatoms. The van der Waals surface area contributed by atoms with Crippen LogP contribution in [0.2, 0.25) is 0 Å². The third-order valence-electron chi connectivity index (χ3n) is 3.78. The highest BCUT2D eigenvalue weighted by molar-refractivity contribution is 5.83. The molecule has 20 heavy (non-hydrogen) atoms. The molecule has 2 rings (SSSR count). The Hall–Kier alpha value is -1.30. The van der Waals surface area contributed by atoms with Crippen molar-refractivity contribution in [3.05, 3.63) is 0 Å². The van der Waals surface area contributed by atoms with Gasteiger partial charge >= 0.3 is 12.1 Å². The van der Waals surface area contributed by atoms with Gasteiger partial charge in [-0.2, -0.15) is 0 Å². The van der Waals surface area contributed by atoms with Crippen LogP contribution in [-0.4, -0.2) is 52.5 Å². The third kappa shape index (κ3) is 2.75. The minimum atomic E-state index is -0.724. The summed E-state index contributed by atoms with van der Waals surface area (Å²) in [6.45, 7) is 7.33. The molecule has 6 nitrogen and oxygen atoms in total. The van der Waals surface area contributed by atoms with E-state index in [0.717, 1.165) is 0 Å². The van der Waals surface area contributed by atoms with Crippen molar-refractivity contribution in [2.24, 2.45) is 5.92 Å². The van der Waals surface area contributed by atoms with Gasteiger partial charge in [-0.25, -0.2) is 9.59 Å². The summed E-state index contributed by atoms with van der Waals surface area (Å²) in [5.74, 6) is -0.698. The Balaban J connectivity index is 2.17. The summed E-state index contributed by atoms with van der Waals surface area (Å²) in [6.07, 6.45) is 0.0759. The van der Waals surface area contributed by atoms with E-state index < -0.39 is 29.8 Å². The Labute approximate surface area is 119 Å². The SMILES string of the molecule is CCOC(=O)[C@@H]1[C@@H]2C[C@H](C[C@H]2O)N1C(=O)OC(C)(C)C. The predicted molar refractivity (Wildman–Crippen MR) is 71.0 cm³/mol. The molecule has 114 valence electrons. The van der Waals surface area contributed by atoms with Crippen molar-refractivity contribution in [1.29, 1.82) is 0 Å². The third-order valence-corrected chi connectivity index (χ3v) is 3.78. The molecule has 0 aromatic rings. The zero-order valence-corrected chi connectivity index (χ0v) is 12.5. The van der Waals surface area contributed by atoms with E-state index in [-0.39, 0.29) is 18.6 Å². The van der Waals surface area contributed by atoms with Gasteiger partial charge in [0.1, 0.15) is 11.6 Å². The lowest BCUT2D eigenvalue weighted by molar-refractivity contribution is -0.153. The first-order valence-electron chi connectivity index (χ1n) is 7.10. The number of piperidine rings is 1. The van der Waals surface area contributed by atoms with E-state index in [4.69, 9.17) is 9.47 Å². The standard InChI is InChI=1S/C14H23NO5/c1-5-19-12(17)11-9-6-8(7-10(9)16)15(11)13(18)20-14(2,3)4/h8-11,16H,5-7H2,1-4H3/t8-,9-,10-,11+/m1/s1.